The highest BCUT2D eigenvalue weighted by atomic mass is 16.5. The lowest BCUT2D eigenvalue weighted by molar-refractivity contribution is 0.403. The van der Waals surface area contributed by atoms with Gasteiger partial charge in [0.1, 0.15) is 17.5 Å². The number of likely N-dealkylation sites (N-methyl/N-ethyl adjacent to an activating group) is 1. The smallest absolute Gasteiger partial charge is 0.263 e. The summed E-state index contributed by atoms with van der Waals surface area (Å²) in [4.78, 5) is 10.7. The Bertz CT molecular complexity index is 561. The fourth-order valence-electron chi connectivity index (χ4n) is 2.69. The van der Waals surface area contributed by atoms with E-state index >= 15 is 0 Å². The SMILES string of the molecule is Cc1noc2ncnc(N(C)CC3CCCCN3)c12. The third-order valence-electron chi connectivity index (χ3n) is 3.69. The Morgan fingerprint density at radius 1 is 1.42 bits per heavy atom. The summed E-state index contributed by atoms with van der Waals surface area (Å²) in [5, 5.41) is 8.44. The molecule has 1 fully saturated rings. The predicted molar refractivity (Wildman–Crippen MR) is 73.2 cm³/mol. The van der Waals surface area contributed by atoms with Crippen LogP contribution in [0.2, 0.25) is 0 Å². The van der Waals surface area contributed by atoms with Crippen LogP contribution in [0.25, 0.3) is 11.1 Å². The molecule has 0 radical (unpaired) electrons. The van der Waals surface area contributed by atoms with Gasteiger partial charge in [-0.25, -0.2) is 4.98 Å². The van der Waals surface area contributed by atoms with Crippen molar-refractivity contribution >= 4 is 16.9 Å². The number of anilines is 1. The molecule has 1 aliphatic rings. The Kier molecular flexibility index (Phi) is 3.33. The molecular weight excluding hydrogens is 242 g/mol. The van der Waals surface area contributed by atoms with Crippen LogP contribution in [0.4, 0.5) is 5.82 Å². The fraction of sp³-hybridized carbons (Fsp3) is 0.615. The van der Waals surface area contributed by atoms with Crippen molar-refractivity contribution in [3.63, 3.8) is 0 Å². The molecule has 1 N–H and O–H groups in total. The molecule has 1 atom stereocenters. The van der Waals surface area contributed by atoms with Gasteiger partial charge in [-0.15, -0.1) is 0 Å². The molecule has 0 spiro atoms. The lowest BCUT2D eigenvalue weighted by Gasteiger charge is -2.28. The molecule has 0 amide bonds. The van der Waals surface area contributed by atoms with Gasteiger partial charge >= 0.3 is 0 Å². The molecule has 0 aromatic carbocycles. The number of nitrogens with one attached hydrogen (secondary N) is 1. The quantitative estimate of drug-likeness (QED) is 0.903. The fourth-order valence-corrected chi connectivity index (χ4v) is 2.69. The monoisotopic (exact) mass is 261 g/mol. The van der Waals surface area contributed by atoms with Gasteiger partial charge < -0.3 is 14.7 Å². The number of hydrogen-bond acceptors (Lipinski definition) is 6. The summed E-state index contributed by atoms with van der Waals surface area (Å²) in [6.07, 6.45) is 5.34. The normalized spacial score (nSPS) is 19.8. The van der Waals surface area contributed by atoms with Crippen molar-refractivity contribution in [2.45, 2.75) is 32.2 Å². The van der Waals surface area contributed by atoms with Crippen LogP contribution in [0.1, 0.15) is 25.0 Å². The van der Waals surface area contributed by atoms with Crippen LogP contribution in [0, 0.1) is 6.92 Å². The van der Waals surface area contributed by atoms with E-state index in [1.165, 1.54) is 25.6 Å². The van der Waals surface area contributed by atoms with Crippen molar-refractivity contribution in [3.8, 4) is 0 Å². The van der Waals surface area contributed by atoms with Crippen molar-refractivity contribution in [3.05, 3.63) is 12.0 Å². The minimum atomic E-state index is 0.531. The van der Waals surface area contributed by atoms with Gasteiger partial charge in [0.25, 0.3) is 5.71 Å². The molecule has 6 heteroatoms. The van der Waals surface area contributed by atoms with Crippen LogP contribution in [0.5, 0.6) is 0 Å². The molecule has 0 aliphatic carbocycles. The number of aryl methyl sites for hydroxylation is 1. The molecule has 2 aromatic heterocycles. The van der Waals surface area contributed by atoms with Crippen LogP contribution in [-0.2, 0) is 0 Å². The van der Waals surface area contributed by atoms with E-state index in [1.807, 2.05) is 6.92 Å². The van der Waals surface area contributed by atoms with Crippen LogP contribution < -0.4 is 10.2 Å². The molecule has 3 heterocycles. The maximum atomic E-state index is 5.19. The van der Waals surface area contributed by atoms with Gasteiger partial charge in [-0.2, -0.15) is 4.98 Å². The zero-order valence-corrected chi connectivity index (χ0v) is 11.4. The van der Waals surface area contributed by atoms with Crippen LogP contribution in [0.3, 0.4) is 0 Å². The Balaban J connectivity index is 1.84. The van der Waals surface area contributed by atoms with E-state index in [1.54, 1.807) is 0 Å². The first-order chi connectivity index (χ1) is 9.25. The molecule has 1 aliphatic heterocycles. The third kappa shape index (κ3) is 2.40. The molecule has 19 heavy (non-hydrogen) atoms. The zero-order valence-electron chi connectivity index (χ0n) is 11.4. The number of fused-ring (bicyclic) bond motifs is 1. The molecule has 1 unspecified atom stereocenters. The second-order valence-corrected chi connectivity index (χ2v) is 5.17. The second-order valence-electron chi connectivity index (χ2n) is 5.17. The Labute approximate surface area is 112 Å². The van der Waals surface area contributed by atoms with Gasteiger partial charge in [-0.3, -0.25) is 0 Å². The third-order valence-corrected chi connectivity index (χ3v) is 3.69. The summed E-state index contributed by atoms with van der Waals surface area (Å²) in [7, 11) is 2.06. The highest BCUT2D eigenvalue weighted by Gasteiger charge is 2.19. The van der Waals surface area contributed by atoms with E-state index in [0.717, 1.165) is 30.0 Å². The lowest BCUT2D eigenvalue weighted by atomic mass is 10.0. The Morgan fingerprint density at radius 2 is 2.32 bits per heavy atom. The molecule has 2 aromatic rings. The number of nitrogens with zero attached hydrogens (tertiary/aromatic N) is 4. The van der Waals surface area contributed by atoms with Crippen molar-refractivity contribution in [1.82, 2.24) is 20.4 Å². The molecular formula is C13H19N5O. The van der Waals surface area contributed by atoms with Crippen LogP contribution in [-0.4, -0.2) is 41.3 Å². The first-order valence-electron chi connectivity index (χ1n) is 6.77. The van der Waals surface area contributed by atoms with E-state index < -0.39 is 0 Å². The highest BCUT2D eigenvalue weighted by Crippen LogP contribution is 2.25. The topological polar surface area (TPSA) is 67.1 Å². The summed E-state index contributed by atoms with van der Waals surface area (Å²) < 4.78 is 5.19. The number of rotatable bonds is 3. The maximum Gasteiger partial charge on any atom is 0.263 e. The molecule has 6 nitrogen and oxygen atoms in total. The van der Waals surface area contributed by atoms with Crippen molar-refractivity contribution in [2.24, 2.45) is 0 Å². The first-order valence-corrected chi connectivity index (χ1v) is 6.77. The first kappa shape index (κ1) is 12.3. The van der Waals surface area contributed by atoms with Crippen LogP contribution in [0.15, 0.2) is 10.9 Å². The summed E-state index contributed by atoms with van der Waals surface area (Å²) >= 11 is 0. The summed E-state index contributed by atoms with van der Waals surface area (Å²) in [5.41, 5.74) is 1.40. The second kappa shape index (κ2) is 5.13. The van der Waals surface area contributed by atoms with Gasteiger partial charge in [0.05, 0.1) is 5.69 Å². The number of hydrogen-bond donors (Lipinski definition) is 1. The molecule has 102 valence electrons. The lowest BCUT2D eigenvalue weighted by Crippen LogP contribution is -2.42. The maximum absolute atomic E-state index is 5.19. The summed E-state index contributed by atoms with van der Waals surface area (Å²) in [6.45, 7) is 3.98. The van der Waals surface area contributed by atoms with Crippen molar-refractivity contribution in [2.75, 3.05) is 25.0 Å². The minimum Gasteiger partial charge on any atom is -0.357 e. The highest BCUT2D eigenvalue weighted by molar-refractivity contribution is 5.87. The molecule has 0 bridgehead atoms. The van der Waals surface area contributed by atoms with E-state index in [-0.39, 0.29) is 0 Å². The average Bonchev–Trinajstić information content (AvgIpc) is 2.82. The predicted octanol–water partition coefficient (Wildman–Crippen LogP) is 1.50. The van der Waals surface area contributed by atoms with Gasteiger partial charge in [-0.05, 0) is 26.3 Å². The minimum absolute atomic E-state index is 0.531. The summed E-state index contributed by atoms with van der Waals surface area (Å²) in [5.74, 6) is 0.899. The van der Waals surface area contributed by atoms with E-state index in [4.69, 9.17) is 4.52 Å². The van der Waals surface area contributed by atoms with E-state index in [0.29, 0.717) is 11.8 Å². The van der Waals surface area contributed by atoms with Gasteiger partial charge in [0.15, 0.2) is 0 Å². The standard InChI is InChI=1S/C13H19N5O/c1-9-11-12(15-8-16-13(11)19-17-9)18(2)7-10-5-3-4-6-14-10/h8,10,14H,3-7H2,1-2H3. The van der Waals surface area contributed by atoms with Gasteiger partial charge in [0.2, 0.25) is 0 Å². The Hall–Kier alpha value is -1.69. The number of piperidine rings is 1. The van der Waals surface area contributed by atoms with Crippen molar-refractivity contribution in [1.29, 1.82) is 0 Å². The number of aromatic nitrogens is 3. The molecule has 0 saturated carbocycles. The van der Waals surface area contributed by atoms with E-state index in [2.05, 4.69) is 32.4 Å². The van der Waals surface area contributed by atoms with Crippen molar-refractivity contribution < 1.29 is 4.52 Å². The van der Waals surface area contributed by atoms with Gasteiger partial charge in [-0.1, -0.05) is 11.6 Å². The summed E-state index contributed by atoms with van der Waals surface area (Å²) in [6, 6.07) is 0.531. The molecule has 3 rings (SSSR count). The zero-order chi connectivity index (χ0) is 13.2. The van der Waals surface area contributed by atoms with Crippen LogP contribution >= 0.6 is 0 Å². The Morgan fingerprint density at radius 3 is 3.11 bits per heavy atom. The molecule has 1 saturated heterocycles. The van der Waals surface area contributed by atoms with E-state index in [9.17, 15) is 0 Å². The average molecular weight is 261 g/mol. The van der Waals surface area contributed by atoms with Gasteiger partial charge in [0, 0.05) is 19.6 Å². The largest absolute Gasteiger partial charge is 0.357 e.